The highest BCUT2D eigenvalue weighted by Gasteiger charge is 2.11. The molecule has 0 heterocycles. The van der Waals surface area contributed by atoms with Gasteiger partial charge in [-0.2, -0.15) is 5.26 Å². The lowest BCUT2D eigenvalue weighted by Gasteiger charge is -2.16. The van der Waals surface area contributed by atoms with E-state index >= 15 is 0 Å². The van der Waals surface area contributed by atoms with E-state index in [0.717, 1.165) is 22.4 Å². The molecule has 0 aromatic heterocycles. The molecule has 1 aromatic rings. The van der Waals surface area contributed by atoms with Crippen molar-refractivity contribution in [2.75, 3.05) is 0 Å². The lowest BCUT2D eigenvalue weighted by molar-refractivity contribution is 0.248. The van der Waals surface area contributed by atoms with Crippen LogP contribution in [-0.2, 0) is 6.54 Å². The van der Waals surface area contributed by atoms with Gasteiger partial charge in [-0.1, -0.05) is 19.1 Å². The van der Waals surface area contributed by atoms with E-state index < -0.39 is 0 Å². The van der Waals surface area contributed by atoms with Crippen LogP contribution in [0.3, 0.4) is 0 Å². The third-order valence-electron chi connectivity index (χ3n) is 2.53. The summed E-state index contributed by atoms with van der Waals surface area (Å²) >= 11 is 0. The molecule has 3 nitrogen and oxygen atoms in total. The standard InChI is InChI=1S/C13H18N2O/c1-4-12(8-15)16-13-9(2)5-11(7-14)6-10(13)3/h5-6,12H,4,7,14H2,1-3H3. The molecule has 0 aliphatic rings. The van der Waals surface area contributed by atoms with E-state index in [1.165, 1.54) is 0 Å². The van der Waals surface area contributed by atoms with Crippen LogP contribution in [0.5, 0.6) is 5.75 Å². The van der Waals surface area contributed by atoms with E-state index in [2.05, 4.69) is 6.07 Å². The normalized spacial score (nSPS) is 11.9. The number of rotatable bonds is 4. The smallest absolute Gasteiger partial charge is 0.184 e. The third-order valence-corrected chi connectivity index (χ3v) is 2.53. The zero-order valence-corrected chi connectivity index (χ0v) is 10.1. The van der Waals surface area contributed by atoms with Crippen molar-refractivity contribution in [3.63, 3.8) is 0 Å². The van der Waals surface area contributed by atoms with Gasteiger partial charge in [0.05, 0.1) is 0 Å². The SMILES string of the molecule is CCC(C#N)Oc1c(C)cc(CN)cc1C. The quantitative estimate of drug-likeness (QED) is 0.844. The Bertz CT molecular complexity index is 384. The van der Waals surface area contributed by atoms with Crippen molar-refractivity contribution in [1.82, 2.24) is 0 Å². The molecule has 3 heteroatoms. The fourth-order valence-electron chi connectivity index (χ4n) is 1.69. The molecule has 0 aliphatic heterocycles. The first-order valence-corrected chi connectivity index (χ1v) is 5.48. The molecule has 1 rings (SSSR count). The minimum Gasteiger partial charge on any atom is -0.475 e. The minimum absolute atomic E-state index is 0.374. The molecule has 0 fully saturated rings. The average Bonchev–Trinajstić information content (AvgIpc) is 2.28. The molecule has 0 aliphatic carbocycles. The van der Waals surface area contributed by atoms with Gasteiger partial charge >= 0.3 is 0 Å². The Morgan fingerprint density at radius 1 is 1.38 bits per heavy atom. The first-order chi connectivity index (χ1) is 7.62. The van der Waals surface area contributed by atoms with Crippen LogP contribution in [-0.4, -0.2) is 6.10 Å². The number of hydrogen-bond donors (Lipinski definition) is 1. The highest BCUT2D eigenvalue weighted by molar-refractivity contribution is 5.43. The summed E-state index contributed by atoms with van der Waals surface area (Å²) in [6.45, 7) is 6.42. The summed E-state index contributed by atoms with van der Waals surface area (Å²) in [6, 6.07) is 6.15. The Morgan fingerprint density at radius 2 is 1.94 bits per heavy atom. The van der Waals surface area contributed by atoms with Gasteiger partial charge < -0.3 is 10.5 Å². The van der Waals surface area contributed by atoms with Crippen molar-refractivity contribution >= 4 is 0 Å². The second-order valence-electron chi connectivity index (χ2n) is 3.91. The topological polar surface area (TPSA) is 59.0 Å². The Kier molecular flexibility index (Phi) is 4.33. The number of ether oxygens (including phenoxy) is 1. The first kappa shape index (κ1) is 12.5. The molecular weight excluding hydrogens is 200 g/mol. The van der Waals surface area contributed by atoms with Crippen molar-refractivity contribution < 1.29 is 4.74 Å². The Morgan fingerprint density at radius 3 is 2.31 bits per heavy atom. The Balaban J connectivity index is 3.01. The molecule has 1 atom stereocenters. The molecule has 0 bridgehead atoms. The van der Waals surface area contributed by atoms with Crippen molar-refractivity contribution in [2.45, 2.75) is 39.8 Å². The molecule has 2 N–H and O–H groups in total. The lowest BCUT2D eigenvalue weighted by atomic mass is 10.1. The highest BCUT2D eigenvalue weighted by atomic mass is 16.5. The van der Waals surface area contributed by atoms with Gasteiger partial charge in [0.15, 0.2) is 6.10 Å². The summed E-state index contributed by atoms with van der Waals surface area (Å²) in [4.78, 5) is 0. The zero-order valence-electron chi connectivity index (χ0n) is 10.1. The average molecular weight is 218 g/mol. The molecular formula is C13H18N2O. The summed E-state index contributed by atoms with van der Waals surface area (Å²) in [5, 5.41) is 8.87. The van der Waals surface area contributed by atoms with E-state index in [-0.39, 0.29) is 6.10 Å². The van der Waals surface area contributed by atoms with Gasteiger partial charge in [0.25, 0.3) is 0 Å². The second kappa shape index (κ2) is 5.53. The van der Waals surface area contributed by atoms with Crippen LogP contribution in [0, 0.1) is 25.2 Å². The molecule has 16 heavy (non-hydrogen) atoms. The van der Waals surface area contributed by atoms with Gasteiger partial charge in [-0.3, -0.25) is 0 Å². The predicted octanol–water partition coefficient (Wildman–Crippen LogP) is 2.44. The fourth-order valence-corrected chi connectivity index (χ4v) is 1.69. The summed E-state index contributed by atoms with van der Waals surface area (Å²) in [5.74, 6) is 0.811. The first-order valence-electron chi connectivity index (χ1n) is 5.48. The number of hydrogen-bond acceptors (Lipinski definition) is 3. The van der Waals surface area contributed by atoms with E-state index in [9.17, 15) is 0 Å². The highest BCUT2D eigenvalue weighted by Crippen LogP contribution is 2.26. The van der Waals surface area contributed by atoms with Gasteiger partial charge in [0, 0.05) is 6.54 Å². The maximum atomic E-state index is 8.87. The van der Waals surface area contributed by atoms with Gasteiger partial charge in [0.2, 0.25) is 0 Å². The molecule has 0 amide bonds. The van der Waals surface area contributed by atoms with Crippen LogP contribution in [0.2, 0.25) is 0 Å². The molecule has 1 aromatic carbocycles. The summed E-state index contributed by atoms with van der Waals surface area (Å²) in [5.41, 5.74) is 8.76. The lowest BCUT2D eigenvalue weighted by Crippen LogP contribution is -2.14. The Hall–Kier alpha value is -1.53. The number of benzene rings is 1. The molecule has 0 saturated carbocycles. The van der Waals surface area contributed by atoms with Gasteiger partial charge in [-0.15, -0.1) is 0 Å². The predicted molar refractivity (Wildman–Crippen MR) is 64.1 cm³/mol. The van der Waals surface area contributed by atoms with E-state index in [1.807, 2.05) is 32.9 Å². The maximum Gasteiger partial charge on any atom is 0.184 e. The van der Waals surface area contributed by atoms with Crippen LogP contribution >= 0.6 is 0 Å². The zero-order chi connectivity index (χ0) is 12.1. The van der Waals surface area contributed by atoms with Crippen LogP contribution in [0.15, 0.2) is 12.1 Å². The second-order valence-corrected chi connectivity index (χ2v) is 3.91. The molecule has 0 spiro atoms. The summed E-state index contributed by atoms with van der Waals surface area (Å²) in [6.07, 6.45) is 0.315. The Labute approximate surface area is 96.8 Å². The largest absolute Gasteiger partial charge is 0.475 e. The van der Waals surface area contributed by atoms with Crippen LogP contribution in [0.25, 0.3) is 0 Å². The minimum atomic E-state index is -0.374. The van der Waals surface area contributed by atoms with Crippen molar-refractivity contribution in [3.05, 3.63) is 28.8 Å². The molecule has 1 unspecified atom stereocenters. The third kappa shape index (κ3) is 2.74. The van der Waals surface area contributed by atoms with E-state index in [4.69, 9.17) is 15.7 Å². The van der Waals surface area contributed by atoms with Crippen molar-refractivity contribution in [3.8, 4) is 11.8 Å². The van der Waals surface area contributed by atoms with Gasteiger partial charge in [0.1, 0.15) is 11.8 Å². The van der Waals surface area contributed by atoms with E-state index in [0.29, 0.717) is 13.0 Å². The molecule has 0 saturated heterocycles. The van der Waals surface area contributed by atoms with E-state index in [1.54, 1.807) is 0 Å². The monoisotopic (exact) mass is 218 g/mol. The molecule has 0 radical (unpaired) electrons. The van der Waals surface area contributed by atoms with Crippen LogP contribution < -0.4 is 10.5 Å². The van der Waals surface area contributed by atoms with Gasteiger partial charge in [-0.25, -0.2) is 0 Å². The number of nitrogens with zero attached hydrogens (tertiary/aromatic N) is 1. The van der Waals surface area contributed by atoms with Crippen molar-refractivity contribution in [1.29, 1.82) is 5.26 Å². The van der Waals surface area contributed by atoms with Gasteiger partial charge in [-0.05, 0) is 37.0 Å². The van der Waals surface area contributed by atoms with Crippen LogP contribution in [0.4, 0.5) is 0 Å². The number of nitriles is 1. The number of nitrogens with two attached hydrogens (primary N) is 1. The van der Waals surface area contributed by atoms with Crippen LogP contribution in [0.1, 0.15) is 30.0 Å². The summed E-state index contributed by atoms with van der Waals surface area (Å²) in [7, 11) is 0. The maximum absolute atomic E-state index is 8.87. The van der Waals surface area contributed by atoms with Crippen molar-refractivity contribution in [2.24, 2.45) is 5.73 Å². The summed E-state index contributed by atoms with van der Waals surface area (Å²) < 4.78 is 5.67. The molecule has 86 valence electrons. The fraction of sp³-hybridized carbons (Fsp3) is 0.462. The number of aryl methyl sites for hydroxylation is 2.